The average Bonchev–Trinajstić information content (AvgIpc) is 3.20. The fourth-order valence-electron chi connectivity index (χ4n) is 2.36. The minimum absolute atomic E-state index is 0.171. The van der Waals surface area contributed by atoms with Crippen LogP contribution in [0.5, 0.6) is 11.5 Å². The van der Waals surface area contributed by atoms with Crippen molar-refractivity contribution in [2.24, 2.45) is 0 Å². The van der Waals surface area contributed by atoms with Crippen molar-refractivity contribution in [2.45, 2.75) is 24.1 Å². The maximum absolute atomic E-state index is 12.3. The van der Waals surface area contributed by atoms with E-state index in [-0.39, 0.29) is 4.21 Å². The second-order valence-corrected chi connectivity index (χ2v) is 9.09. The van der Waals surface area contributed by atoms with Gasteiger partial charge >= 0.3 is 0 Å². The third-order valence-electron chi connectivity index (χ3n) is 3.86. The maximum atomic E-state index is 12.3. The second kappa shape index (κ2) is 8.55. The number of thiophene rings is 1. The van der Waals surface area contributed by atoms with Gasteiger partial charge in [0.2, 0.25) is 5.91 Å². The Hall–Kier alpha value is -2.68. The van der Waals surface area contributed by atoms with Crippen LogP contribution < -0.4 is 14.8 Å². The molecule has 1 unspecified atom stereocenters. The van der Waals surface area contributed by atoms with Crippen LogP contribution in [-0.2, 0) is 14.8 Å². The van der Waals surface area contributed by atoms with Crippen molar-refractivity contribution in [3.63, 3.8) is 0 Å². The first-order valence-electron chi connectivity index (χ1n) is 8.55. The molecule has 0 bridgehead atoms. The average molecular weight is 417 g/mol. The Balaban J connectivity index is 1.58. The third-order valence-corrected chi connectivity index (χ3v) is 6.80. The van der Waals surface area contributed by atoms with Gasteiger partial charge in [0.1, 0.15) is 15.7 Å². The number of hydrogen-bond donors (Lipinski definition) is 2. The third kappa shape index (κ3) is 5.19. The molecule has 28 heavy (non-hydrogen) atoms. The molecule has 0 saturated heterocycles. The molecule has 0 saturated carbocycles. The van der Waals surface area contributed by atoms with Crippen LogP contribution in [0.3, 0.4) is 0 Å². The Bertz CT molecular complexity index is 1030. The number of anilines is 1. The van der Waals surface area contributed by atoms with Gasteiger partial charge in [0, 0.05) is 5.69 Å². The van der Waals surface area contributed by atoms with E-state index >= 15 is 0 Å². The Labute approximate surface area is 168 Å². The minimum atomic E-state index is -3.71. The first-order valence-corrected chi connectivity index (χ1v) is 10.9. The summed E-state index contributed by atoms with van der Waals surface area (Å²) >= 11 is 1.09. The van der Waals surface area contributed by atoms with Gasteiger partial charge in [-0.15, -0.1) is 11.3 Å². The first-order chi connectivity index (χ1) is 13.3. The normalized spacial score (nSPS) is 12.4. The highest BCUT2D eigenvalue weighted by atomic mass is 32.2. The minimum Gasteiger partial charge on any atom is -0.457 e. The monoisotopic (exact) mass is 416 g/mol. The molecule has 1 aromatic heterocycles. The van der Waals surface area contributed by atoms with E-state index < -0.39 is 22.0 Å². The largest absolute Gasteiger partial charge is 0.457 e. The van der Waals surface area contributed by atoms with Gasteiger partial charge in [-0.05, 0) is 61.7 Å². The summed E-state index contributed by atoms with van der Waals surface area (Å²) in [6, 6.07) is 16.8. The van der Waals surface area contributed by atoms with E-state index in [9.17, 15) is 13.2 Å². The molecule has 2 aromatic carbocycles. The highest BCUT2D eigenvalue weighted by Crippen LogP contribution is 2.23. The molecular formula is C20H20N2O4S2. The van der Waals surface area contributed by atoms with Gasteiger partial charge in [0.25, 0.3) is 10.0 Å². The van der Waals surface area contributed by atoms with Crippen LogP contribution in [0.15, 0.2) is 70.3 Å². The van der Waals surface area contributed by atoms with E-state index in [1.165, 1.54) is 13.0 Å². The number of hydrogen-bond acceptors (Lipinski definition) is 5. The van der Waals surface area contributed by atoms with E-state index in [0.29, 0.717) is 11.4 Å². The number of aryl methyl sites for hydroxylation is 1. The van der Waals surface area contributed by atoms with Gasteiger partial charge in [-0.2, -0.15) is 4.72 Å². The molecule has 3 rings (SSSR count). The van der Waals surface area contributed by atoms with E-state index in [1.807, 2.05) is 31.2 Å². The molecule has 8 heteroatoms. The van der Waals surface area contributed by atoms with Crippen molar-refractivity contribution in [3.8, 4) is 11.5 Å². The quantitative estimate of drug-likeness (QED) is 0.606. The molecule has 1 amide bonds. The summed E-state index contributed by atoms with van der Waals surface area (Å²) in [5.41, 5.74) is 1.69. The van der Waals surface area contributed by atoms with Crippen LogP contribution in [-0.4, -0.2) is 20.4 Å². The Morgan fingerprint density at radius 3 is 2.18 bits per heavy atom. The lowest BCUT2D eigenvalue weighted by atomic mass is 10.2. The lowest BCUT2D eigenvalue weighted by Gasteiger charge is -2.14. The van der Waals surface area contributed by atoms with Crippen LogP contribution >= 0.6 is 11.3 Å². The molecule has 0 aliphatic heterocycles. The molecule has 0 aliphatic carbocycles. The van der Waals surface area contributed by atoms with Crippen molar-refractivity contribution < 1.29 is 17.9 Å². The summed E-state index contributed by atoms with van der Waals surface area (Å²) in [7, 11) is -3.71. The summed E-state index contributed by atoms with van der Waals surface area (Å²) in [6.07, 6.45) is 0. The van der Waals surface area contributed by atoms with Gasteiger partial charge in [0.15, 0.2) is 0 Å². The predicted molar refractivity (Wildman–Crippen MR) is 110 cm³/mol. The van der Waals surface area contributed by atoms with Crippen LogP contribution in [0.4, 0.5) is 5.69 Å². The Morgan fingerprint density at radius 2 is 1.61 bits per heavy atom. The number of nitrogens with one attached hydrogen (secondary N) is 2. The molecule has 6 nitrogen and oxygen atoms in total. The maximum Gasteiger partial charge on any atom is 0.250 e. The van der Waals surface area contributed by atoms with Crippen LogP contribution in [0.1, 0.15) is 12.5 Å². The van der Waals surface area contributed by atoms with Gasteiger partial charge in [-0.1, -0.05) is 23.8 Å². The highest BCUT2D eigenvalue weighted by Gasteiger charge is 2.22. The van der Waals surface area contributed by atoms with Gasteiger partial charge < -0.3 is 10.1 Å². The zero-order valence-corrected chi connectivity index (χ0v) is 17.0. The van der Waals surface area contributed by atoms with Crippen molar-refractivity contribution >= 4 is 33.0 Å². The number of amides is 1. The molecule has 146 valence electrons. The van der Waals surface area contributed by atoms with Crippen molar-refractivity contribution in [1.29, 1.82) is 0 Å². The van der Waals surface area contributed by atoms with Gasteiger partial charge in [-0.25, -0.2) is 8.42 Å². The molecular weight excluding hydrogens is 396 g/mol. The van der Waals surface area contributed by atoms with Crippen molar-refractivity contribution in [2.75, 3.05) is 5.32 Å². The molecule has 0 fully saturated rings. The molecule has 0 spiro atoms. The number of ether oxygens (including phenoxy) is 1. The topological polar surface area (TPSA) is 84.5 Å². The zero-order valence-electron chi connectivity index (χ0n) is 15.4. The van der Waals surface area contributed by atoms with Gasteiger partial charge in [0.05, 0.1) is 6.04 Å². The van der Waals surface area contributed by atoms with Crippen LogP contribution in [0, 0.1) is 6.92 Å². The number of benzene rings is 2. The number of carbonyl (C=O) groups is 1. The zero-order chi connectivity index (χ0) is 20.1. The lowest BCUT2D eigenvalue weighted by Crippen LogP contribution is -2.41. The summed E-state index contributed by atoms with van der Waals surface area (Å²) in [6.45, 7) is 3.50. The number of rotatable bonds is 7. The van der Waals surface area contributed by atoms with Gasteiger partial charge in [-0.3, -0.25) is 4.79 Å². The molecule has 2 N–H and O–H groups in total. The summed E-state index contributed by atoms with van der Waals surface area (Å²) < 4.78 is 32.7. The molecule has 1 heterocycles. The van der Waals surface area contributed by atoms with E-state index in [1.54, 1.807) is 35.7 Å². The Morgan fingerprint density at radius 1 is 1.00 bits per heavy atom. The fourth-order valence-corrected chi connectivity index (χ4v) is 4.57. The lowest BCUT2D eigenvalue weighted by molar-refractivity contribution is -0.117. The smallest absolute Gasteiger partial charge is 0.250 e. The fraction of sp³-hybridized carbons (Fsp3) is 0.150. The summed E-state index contributed by atoms with van der Waals surface area (Å²) in [5, 5.41) is 4.36. The van der Waals surface area contributed by atoms with E-state index in [0.717, 1.165) is 22.6 Å². The van der Waals surface area contributed by atoms with E-state index in [4.69, 9.17) is 4.74 Å². The standard InChI is InChI=1S/C20H20N2O4S2/c1-14-5-9-17(10-6-14)26-18-11-7-16(8-12-18)21-20(23)15(2)22-28(24,25)19-4-3-13-27-19/h3-13,15,22H,1-2H3,(H,21,23). The molecule has 0 aliphatic rings. The van der Waals surface area contributed by atoms with Crippen molar-refractivity contribution in [3.05, 3.63) is 71.6 Å². The SMILES string of the molecule is Cc1ccc(Oc2ccc(NC(=O)C(C)NS(=O)(=O)c3cccs3)cc2)cc1. The van der Waals surface area contributed by atoms with Crippen molar-refractivity contribution in [1.82, 2.24) is 4.72 Å². The van der Waals surface area contributed by atoms with Crippen LogP contribution in [0.25, 0.3) is 0 Å². The highest BCUT2D eigenvalue weighted by molar-refractivity contribution is 7.91. The first kappa shape index (κ1) is 20.1. The molecule has 0 radical (unpaired) electrons. The molecule has 1 atom stereocenters. The number of carbonyl (C=O) groups excluding carboxylic acids is 1. The Kier molecular flexibility index (Phi) is 6.13. The predicted octanol–water partition coefficient (Wildman–Crippen LogP) is 4.15. The summed E-state index contributed by atoms with van der Waals surface area (Å²) in [5.74, 6) is 0.902. The second-order valence-electron chi connectivity index (χ2n) is 6.20. The number of sulfonamides is 1. The molecule has 3 aromatic rings. The van der Waals surface area contributed by atoms with Crippen LogP contribution in [0.2, 0.25) is 0 Å². The summed E-state index contributed by atoms with van der Waals surface area (Å²) in [4.78, 5) is 12.3. The van der Waals surface area contributed by atoms with E-state index in [2.05, 4.69) is 10.0 Å².